The molecule has 1 aliphatic carbocycles. The molecule has 2 rings (SSSR count). The largest absolute Gasteiger partial charge is 0.302 e. The van der Waals surface area contributed by atoms with Crippen molar-refractivity contribution in [3.63, 3.8) is 0 Å². The summed E-state index contributed by atoms with van der Waals surface area (Å²) in [6, 6.07) is 0. The minimum absolute atomic E-state index is 0.779. The van der Waals surface area contributed by atoms with Gasteiger partial charge in [0.05, 0.1) is 0 Å². The minimum atomic E-state index is 0.779. The van der Waals surface area contributed by atoms with E-state index in [0.717, 1.165) is 11.3 Å². The summed E-state index contributed by atoms with van der Waals surface area (Å²) in [5, 5.41) is 0. The van der Waals surface area contributed by atoms with Gasteiger partial charge in [0, 0.05) is 13.1 Å². The van der Waals surface area contributed by atoms with Crippen LogP contribution >= 0.6 is 0 Å². The smallest absolute Gasteiger partial charge is 0.00505 e. The lowest BCUT2D eigenvalue weighted by Gasteiger charge is -2.53. The Labute approximate surface area is 82.5 Å². The van der Waals surface area contributed by atoms with Crippen LogP contribution in [0, 0.1) is 11.3 Å². The van der Waals surface area contributed by atoms with E-state index in [4.69, 9.17) is 0 Å². The molecule has 0 radical (unpaired) electrons. The highest BCUT2D eigenvalue weighted by atomic mass is 15.2. The first-order valence-corrected chi connectivity index (χ1v) is 5.96. The van der Waals surface area contributed by atoms with Gasteiger partial charge in [0.1, 0.15) is 0 Å². The molecule has 2 fully saturated rings. The summed E-state index contributed by atoms with van der Waals surface area (Å²) in [5.41, 5.74) is 0.779. The maximum Gasteiger partial charge on any atom is 0.00505 e. The number of nitrogens with zero attached hydrogens (tertiary/aromatic N) is 1. The Morgan fingerprint density at radius 1 is 1.23 bits per heavy atom. The van der Waals surface area contributed by atoms with Gasteiger partial charge in [-0.2, -0.15) is 0 Å². The summed E-state index contributed by atoms with van der Waals surface area (Å²) >= 11 is 0. The van der Waals surface area contributed by atoms with E-state index < -0.39 is 0 Å². The van der Waals surface area contributed by atoms with Crippen molar-refractivity contribution in [3.05, 3.63) is 0 Å². The molecule has 13 heavy (non-hydrogen) atoms. The molecule has 0 bridgehead atoms. The second-order valence-electron chi connectivity index (χ2n) is 5.39. The lowest BCUT2D eigenvalue weighted by atomic mass is 9.66. The number of hydrogen-bond donors (Lipinski definition) is 0. The zero-order valence-corrected chi connectivity index (χ0v) is 9.18. The van der Waals surface area contributed by atoms with Crippen LogP contribution in [0.3, 0.4) is 0 Å². The van der Waals surface area contributed by atoms with Gasteiger partial charge in [-0.25, -0.2) is 0 Å². The molecule has 0 aromatic rings. The van der Waals surface area contributed by atoms with Crippen molar-refractivity contribution in [2.24, 2.45) is 11.3 Å². The van der Waals surface area contributed by atoms with Crippen LogP contribution in [-0.4, -0.2) is 24.5 Å². The number of likely N-dealkylation sites (tertiary alicyclic amines) is 1. The predicted molar refractivity (Wildman–Crippen MR) is 56.8 cm³/mol. The van der Waals surface area contributed by atoms with Crippen molar-refractivity contribution in [2.45, 2.75) is 46.0 Å². The molecule has 0 atom stereocenters. The van der Waals surface area contributed by atoms with Gasteiger partial charge in [0.25, 0.3) is 0 Å². The van der Waals surface area contributed by atoms with Crippen molar-refractivity contribution < 1.29 is 0 Å². The summed E-state index contributed by atoms with van der Waals surface area (Å²) in [4.78, 5) is 2.63. The molecule has 1 spiro atoms. The Hall–Kier alpha value is -0.0400. The van der Waals surface area contributed by atoms with E-state index in [1.165, 1.54) is 51.7 Å². The molecule has 0 N–H and O–H groups in total. The molecule has 1 aliphatic heterocycles. The second-order valence-corrected chi connectivity index (χ2v) is 5.39. The van der Waals surface area contributed by atoms with Crippen molar-refractivity contribution in [1.82, 2.24) is 4.90 Å². The van der Waals surface area contributed by atoms with Crippen LogP contribution in [-0.2, 0) is 0 Å². The average molecular weight is 181 g/mol. The van der Waals surface area contributed by atoms with Gasteiger partial charge < -0.3 is 4.90 Å². The highest BCUT2D eigenvalue weighted by molar-refractivity contribution is 4.97. The molecule has 2 aliphatic rings. The van der Waals surface area contributed by atoms with Crippen molar-refractivity contribution in [3.8, 4) is 0 Å². The van der Waals surface area contributed by atoms with E-state index in [1.807, 2.05) is 0 Å². The van der Waals surface area contributed by atoms with Crippen LogP contribution in [0.25, 0.3) is 0 Å². The lowest BCUT2D eigenvalue weighted by molar-refractivity contribution is -0.0359. The quantitative estimate of drug-likeness (QED) is 0.633. The highest BCUT2D eigenvalue weighted by Gasteiger charge is 2.43. The van der Waals surface area contributed by atoms with Crippen LogP contribution in [0.1, 0.15) is 46.0 Å². The maximum atomic E-state index is 2.63. The third-order valence-electron chi connectivity index (χ3n) is 3.99. The molecule has 0 amide bonds. The van der Waals surface area contributed by atoms with Gasteiger partial charge in [-0.05, 0) is 37.1 Å². The standard InChI is InChI=1S/C12H23N/c1-3-8-13-9-12(10-13)6-4-11(2)5-7-12/h11H,3-10H2,1-2H3. The van der Waals surface area contributed by atoms with Gasteiger partial charge in [0.2, 0.25) is 0 Å². The van der Waals surface area contributed by atoms with Crippen molar-refractivity contribution in [2.75, 3.05) is 19.6 Å². The van der Waals surface area contributed by atoms with Crippen LogP contribution in [0.2, 0.25) is 0 Å². The molecule has 76 valence electrons. The predicted octanol–water partition coefficient (Wildman–Crippen LogP) is 2.91. The summed E-state index contributed by atoms with van der Waals surface area (Å²) in [7, 11) is 0. The van der Waals surface area contributed by atoms with Crippen LogP contribution in [0.4, 0.5) is 0 Å². The third-order valence-corrected chi connectivity index (χ3v) is 3.99. The topological polar surface area (TPSA) is 3.24 Å². The number of hydrogen-bond acceptors (Lipinski definition) is 1. The van der Waals surface area contributed by atoms with E-state index in [0.29, 0.717) is 0 Å². The lowest BCUT2D eigenvalue weighted by Crippen LogP contribution is -2.57. The average Bonchev–Trinajstić information content (AvgIpc) is 2.07. The van der Waals surface area contributed by atoms with E-state index in [2.05, 4.69) is 18.7 Å². The SMILES string of the molecule is CCCN1CC2(CCC(C)CC2)C1. The van der Waals surface area contributed by atoms with E-state index in [-0.39, 0.29) is 0 Å². The van der Waals surface area contributed by atoms with Gasteiger partial charge in [-0.3, -0.25) is 0 Å². The molecule has 1 saturated carbocycles. The van der Waals surface area contributed by atoms with Crippen molar-refractivity contribution >= 4 is 0 Å². The molecular weight excluding hydrogens is 158 g/mol. The van der Waals surface area contributed by atoms with Gasteiger partial charge in [0.15, 0.2) is 0 Å². The maximum absolute atomic E-state index is 2.63. The molecule has 1 saturated heterocycles. The van der Waals surface area contributed by atoms with Crippen molar-refractivity contribution in [1.29, 1.82) is 0 Å². The Balaban J connectivity index is 1.76. The third kappa shape index (κ3) is 1.90. The fraction of sp³-hybridized carbons (Fsp3) is 1.00. The highest BCUT2D eigenvalue weighted by Crippen LogP contribution is 2.45. The van der Waals surface area contributed by atoms with E-state index in [9.17, 15) is 0 Å². The Kier molecular flexibility index (Phi) is 2.64. The summed E-state index contributed by atoms with van der Waals surface area (Å²) < 4.78 is 0. The zero-order chi connectivity index (χ0) is 9.31. The molecular formula is C12H23N. The van der Waals surface area contributed by atoms with Crippen LogP contribution in [0.15, 0.2) is 0 Å². The minimum Gasteiger partial charge on any atom is -0.302 e. The molecule has 1 nitrogen and oxygen atoms in total. The normalized spacial score (nSPS) is 29.1. The van der Waals surface area contributed by atoms with Gasteiger partial charge in [-0.1, -0.05) is 26.7 Å². The van der Waals surface area contributed by atoms with Crippen LogP contribution in [0.5, 0.6) is 0 Å². The molecule has 0 unspecified atom stereocenters. The molecule has 0 aromatic heterocycles. The summed E-state index contributed by atoms with van der Waals surface area (Å²) in [6.07, 6.45) is 7.31. The first-order valence-electron chi connectivity index (χ1n) is 5.96. The van der Waals surface area contributed by atoms with E-state index >= 15 is 0 Å². The molecule has 0 aromatic carbocycles. The summed E-state index contributed by atoms with van der Waals surface area (Å²) in [5.74, 6) is 1.01. The molecule has 1 heterocycles. The summed E-state index contributed by atoms with van der Waals surface area (Å²) in [6.45, 7) is 8.85. The fourth-order valence-corrected chi connectivity index (χ4v) is 3.07. The first-order chi connectivity index (χ1) is 6.24. The molecule has 1 heteroatoms. The van der Waals surface area contributed by atoms with Crippen LogP contribution < -0.4 is 0 Å². The second kappa shape index (κ2) is 3.61. The number of rotatable bonds is 2. The monoisotopic (exact) mass is 181 g/mol. The Morgan fingerprint density at radius 3 is 2.38 bits per heavy atom. The first kappa shape index (κ1) is 9.51. The van der Waals surface area contributed by atoms with Gasteiger partial charge >= 0.3 is 0 Å². The van der Waals surface area contributed by atoms with E-state index in [1.54, 1.807) is 0 Å². The Morgan fingerprint density at radius 2 is 1.85 bits per heavy atom. The fourth-order valence-electron chi connectivity index (χ4n) is 3.07. The van der Waals surface area contributed by atoms with Gasteiger partial charge in [-0.15, -0.1) is 0 Å². The zero-order valence-electron chi connectivity index (χ0n) is 9.18. The Bertz CT molecular complexity index is 160.